The first kappa shape index (κ1) is 28.6. The molecule has 2 aliphatic heterocycles. The van der Waals surface area contributed by atoms with E-state index in [4.69, 9.17) is 0 Å². The Balaban J connectivity index is 1.46. The van der Waals surface area contributed by atoms with Crippen molar-refractivity contribution in [3.8, 4) is 0 Å². The maximum absolute atomic E-state index is 13.8. The predicted octanol–water partition coefficient (Wildman–Crippen LogP) is 1.71. The average molecular weight is 551 g/mol. The zero-order valence-electron chi connectivity index (χ0n) is 22.8. The molecule has 11 heteroatoms. The van der Waals surface area contributed by atoms with Crippen LogP contribution in [0.5, 0.6) is 0 Å². The third-order valence-corrected chi connectivity index (χ3v) is 10.3. The average Bonchev–Trinajstić information content (AvgIpc) is 3.78. The minimum absolute atomic E-state index is 0.0301. The van der Waals surface area contributed by atoms with Crippen LogP contribution in [0.25, 0.3) is 0 Å². The molecule has 2 saturated heterocycles. The number of nitrogens with one attached hydrogen (secondary N) is 2. The monoisotopic (exact) mass is 550 g/mol. The van der Waals surface area contributed by atoms with Crippen molar-refractivity contribution < 1.29 is 27.6 Å². The number of sulfonamides is 1. The topological polar surface area (TPSA) is 133 Å². The second-order valence-electron chi connectivity index (χ2n) is 12.4. The van der Waals surface area contributed by atoms with Crippen LogP contribution in [-0.4, -0.2) is 78.3 Å². The first-order chi connectivity index (χ1) is 17.8. The van der Waals surface area contributed by atoms with Crippen molar-refractivity contribution >= 4 is 33.7 Å². The Labute approximate surface area is 226 Å². The highest BCUT2D eigenvalue weighted by Gasteiger charge is 2.61. The van der Waals surface area contributed by atoms with Crippen molar-refractivity contribution in [1.82, 2.24) is 19.8 Å². The second kappa shape index (κ2) is 10.6. The number of nitrogens with zero attached hydrogens (tertiary/aromatic N) is 2. The number of piperidine rings is 1. The van der Waals surface area contributed by atoms with E-state index < -0.39 is 55.9 Å². The number of rotatable bonds is 9. The van der Waals surface area contributed by atoms with Gasteiger partial charge in [-0.25, -0.2) is 8.42 Å². The Kier molecular flexibility index (Phi) is 7.99. The minimum atomic E-state index is -3.77. The van der Waals surface area contributed by atoms with Crippen molar-refractivity contribution in [1.29, 1.82) is 0 Å². The molecule has 0 spiro atoms. The summed E-state index contributed by atoms with van der Waals surface area (Å²) in [7, 11) is -3.77. The third kappa shape index (κ3) is 5.92. The van der Waals surface area contributed by atoms with E-state index >= 15 is 0 Å². The molecule has 10 nitrogen and oxygen atoms in total. The van der Waals surface area contributed by atoms with Gasteiger partial charge >= 0.3 is 0 Å². The smallest absolute Gasteiger partial charge is 0.259 e. The summed E-state index contributed by atoms with van der Waals surface area (Å²) < 4.78 is 26.9. The van der Waals surface area contributed by atoms with E-state index in [1.807, 2.05) is 25.7 Å². The van der Waals surface area contributed by atoms with Gasteiger partial charge in [0.25, 0.3) is 5.91 Å². The number of likely N-dealkylation sites (tertiary alicyclic amines) is 2. The van der Waals surface area contributed by atoms with Gasteiger partial charge in [-0.3, -0.25) is 23.9 Å². The van der Waals surface area contributed by atoms with Crippen LogP contribution in [0.15, 0.2) is 12.7 Å². The predicted molar refractivity (Wildman–Crippen MR) is 142 cm³/mol. The molecule has 0 aromatic carbocycles. The van der Waals surface area contributed by atoms with Gasteiger partial charge < -0.3 is 15.1 Å². The summed E-state index contributed by atoms with van der Waals surface area (Å²) in [5.74, 6) is -2.47. The summed E-state index contributed by atoms with van der Waals surface area (Å²) in [6, 6.07) is -0.784. The van der Waals surface area contributed by atoms with Gasteiger partial charge in [0.15, 0.2) is 0 Å². The molecule has 2 N–H and O–H groups in total. The van der Waals surface area contributed by atoms with Crippen molar-refractivity contribution in [2.24, 2.45) is 17.3 Å². The first-order valence-electron chi connectivity index (χ1n) is 13.9. The van der Waals surface area contributed by atoms with Crippen molar-refractivity contribution in [2.45, 2.75) is 95.4 Å². The molecule has 0 radical (unpaired) electrons. The van der Waals surface area contributed by atoms with Crippen LogP contribution in [0.2, 0.25) is 0 Å². The molecule has 212 valence electrons. The molecular weight excluding hydrogens is 508 g/mol. The molecule has 0 aromatic heterocycles. The van der Waals surface area contributed by atoms with Crippen LogP contribution in [0, 0.1) is 17.3 Å². The maximum atomic E-state index is 13.8. The molecule has 38 heavy (non-hydrogen) atoms. The van der Waals surface area contributed by atoms with Gasteiger partial charge in [0, 0.05) is 32.0 Å². The van der Waals surface area contributed by atoms with Crippen molar-refractivity contribution in [3.05, 3.63) is 12.7 Å². The standard InChI is InChI=1S/C27H42N4O6S/c1-5-18-17-27(18,25(35)29-38(36,37)19-11-12-19)28-23(33)21-10-9-15-31(21)24(34)20(26(2,3)4)16-22(32)30-13-7-6-8-14-30/h5,18-21H,1,6-17H2,2-4H3,(H,28,33)(H,29,35). The Hall–Kier alpha value is -2.43. The van der Waals surface area contributed by atoms with Crippen LogP contribution in [0.4, 0.5) is 0 Å². The van der Waals surface area contributed by atoms with E-state index in [1.165, 1.54) is 0 Å². The van der Waals surface area contributed by atoms with Gasteiger partial charge in [-0.1, -0.05) is 26.8 Å². The lowest BCUT2D eigenvalue weighted by Crippen LogP contribution is -2.57. The Bertz CT molecular complexity index is 1090. The second-order valence-corrected chi connectivity index (χ2v) is 14.4. The zero-order valence-corrected chi connectivity index (χ0v) is 23.6. The summed E-state index contributed by atoms with van der Waals surface area (Å²) in [6.07, 6.45) is 7.03. The molecule has 4 aliphatic rings. The Morgan fingerprint density at radius 3 is 2.24 bits per heavy atom. The SMILES string of the molecule is C=CC1CC1(NC(=O)C1CCCN1C(=O)C(CC(=O)N1CCCCC1)C(C)(C)C)C(=O)NS(=O)(=O)C1CC1. The summed E-state index contributed by atoms with van der Waals surface area (Å²) in [4.78, 5) is 56.8. The Morgan fingerprint density at radius 2 is 1.68 bits per heavy atom. The molecule has 2 saturated carbocycles. The lowest BCUT2D eigenvalue weighted by Gasteiger charge is -2.36. The maximum Gasteiger partial charge on any atom is 0.259 e. The number of amides is 4. The highest BCUT2D eigenvalue weighted by Crippen LogP contribution is 2.45. The molecule has 2 heterocycles. The van der Waals surface area contributed by atoms with E-state index in [1.54, 1.807) is 11.0 Å². The fraction of sp³-hybridized carbons (Fsp3) is 0.778. The van der Waals surface area contributed by atoms with Crippen molar-refractivity contribution in [3.63, 3.8) is 0 Å². The van der Waals surface area contributed by atoms with Gasteiger partial charge in [0.1, 0.15) is 11.6 Å². The van der Waals surface area contributed by atoms with Gasteiger partial charge in [-0.2, -0.15) is 0 Å². The molecule has 4 unspecified atom stereocenters. The number of hydrogen-bond donors (Lipinski definition) is 2. The normalized spacial score (nSPS) is 28.4. The molecular formula is C27H42N4O6S. The van der Waals surface area contributed by atoms with Gasteiger partial charge in [0.2, 0.25) is 27.7 Å². The quantitative estimate of drug-likeness (QED) is 0.420. The molecule has 0 aromatic rings. The molecule has 4 fully saturated rings. The number of carbonyl (C=O) groups is 4. The number of carbonyl (C=O) groups excluding carboxylic acids is 4. The van der Waals surface area contributed by atoms with Crippen LogP contribution < -0.4 is 10.0 Å². The lowest BCUT2D eigenvalue weighted by molar-refractivity contribution is -0.148. The van der Waals surface area contributed by atoms with Gasteiger partial charge in [-0.15, -0.1) is 6.58 Å². The summed E-state index contributed by atoms with van der Waals surface area (Å²) >= 11 is 0. The van der Waals surface area contributed by atoms with E-state index in [0.29, 0.717) is 45.3 Å². The summed E-state index contributed by atoms with van der Waals surface area (Å²) in [5, 5.41) is 2.23. The van der Waals surface area contributed by atoms with E-state index in [0.717, 1.165) is 19.3 Å². The van der Waals surface area contributed by atoms with E-state index in [-0.39, 0.29) is 24.7 Å². The fourth-order valence-corrected chi connectivity index (χ4v) is 7.10. The molecule has 2 aliphatic carbocycles. The highest BCUT2D eigenvalue weighted by atomic mass is 32.2. The van der Waals surface area contributed by atoms with E-state index in [9.17, 15) is 27.6 Å². The number of hydrogen-bond acceptors (Lipinski definition) is 6. The summed E-state index contributed by atoms with van der Waals surface area (Å²) in [6.45, 7) is 11.3. The van der Waals surface area contributed by atoms with Crippen LogP contribution in [0.3, 0.4) is 0 Å². The highest BCUT2D eigenvalue weighted by molar-refractivity contribution is 7.91. The summed E-state index contributed by atoms with van der Waals surface area (Å²) in [5.41, 5.74) is -1.87. The van der Waals surface area contributed by atoms with E-state index in [2.05, 4.69) is 16.6 Å². The van der Waals surface area contributed by atoms with Crippen LogP contribution in [-0.2, 0) is 29.2 Å². The van der Waals surface area contributed by atoms with Crippen molar-refractivity contribution in [2.75, 3.05) is 19.6 Å². The van der Waals surface area contributed by atoms with Gasteiger partial charge in [-0.05, 0) is 56.8 Å². The fourth-order valence-electron chi connectivity index (χ4n) is 5.73. The zero-order chi connectivity index (χ0) is 27.9. The first-order valence-corrected chi connectivity index (χ1v) is 15.4. The van der Waals surface area contributed by atoms with Gasteiger partial charge in [0.05, 0.1) is 11.2 Å². The molecule has 4 rings (SSSR count). The minimum Gasteiger partial charge on any atom is -0.343 e. The van der Waals surface area contributed by atoms with Crippen LogP contribution >= 0.6 is 0 Å². The third-order valence-electron chi connectivity index (χ3n) is 8.52. The molecule has 4 atom stereocenters. The largest absolute Gasteiger partial charge is 0.343 e. The van der Waals surface area contributed by atoms with Crippen LogP contribution in [0.1, 0.15) is 78.6 Å². The lowest BCUT2D eigenvalue weighted by atomic mass is 9.77. The Morgan fingerprint density at radius 1 is 1.03 bits per heavy atom. The molecule has 0 bridgehead atoms. The molecule has 4 amide bonds.